The van der Waals surface area contributed by atoms with E-state index >= 15 is 0 Å². The predicted molar refractivity (Wildman–Crippen MR) is 80.0 cm³/mol. The molecule has 116 valence electrons. The van der Waals surface area contributed by atoms with E-state index in [2.05, 4.69) is 15.9 Å². The molecule has 0 aliphatic heterocycles. The summed E-state index contributed by atoms with van der Waals surface area (Å²) in [5, 5.41) is 3.32. The fourth-order valence-electron chi connectivity index (χ4n) is 1.58. The third-order valence-electron chi connectivity index (χ3n) is 2.44. The Morgan fingerprint density at radius 3 is 2.43 bits per heavy atom. The third kappa shape index (κ3) is 4.52. The molecular weight excluding hydrogens is 411 g/mol. The molecule has 21 heavy (non-hydrogen) atoms. The van der Waals surface area contributed by atoms with Crippen LogP contribution >= 0.6 is 38.6 Å². The highest BCUT2D eigenvalue weighted by Crippen LogP contribution is 2.31. The van der Waals surface area contributed by atoms with Crippen molar-refractivity contribution in [1.82, 2.24) is 4.31 Å². The summed E-state index contributed by atoms with van der Waals surface area (Å²) in [5.74, 6) is 0. The standard InChI is InChI=1S/C11H9BrF3NO2S3/c12-9-1-2-10(20-9)21(17,18)16(7-11(13,14)15)5-8-3-4-19-6-8/h1-4,6H,5,7H2. The van der Waals surface area contributed by atoms with Crippen molar-refractivity contribution in [3.63, 3.8) is 0 Å². The maximum atomic E-state index is 12.7. The van der Waals surface area contributed by atoms with Crippen molar-refractivity contribution >= 4 is 48.6 Å². The van der Waals surface area contributed by atoms with Crippen LogP contribution in [-0.4, -0.2) is 25.4 Å². The van der Waals surface area contributed by atoms with E-state index in [1.54, 1.807) is 16.8 Å². The van der Waals surface area contributed by atoms with Crippen LogP contribution in [-0.2, 0) is 16.6 Å². The first-order valence-corrected chi connectivity index (χ1v) is 9.51. The van der Waals surface area contributed by atoms with E-state index in [0.717, 1.165) is 11.3 Å². The normalized spacial score (nSPS) is 13.0. The topological polar surface area (TPSA) is 37.4 Å². The molecule has 0 aliphatic carbocycles. The molecule has 0 amide bonds. The van der Waals surface area contributed by atoms with Crippen LogP contribution in [0.4, 0.5) is 13.2 Å². The highest BCUT2D eigenvalue weighted by molar-refractivity contribution is 9.11. The van der Waals surface area contributed by atoms with Crippen LogP contribution in [0.5, 0.6) is 0 Å². The summed E-state index contributed by atoms with van der Waals surface area (Å²) in [7, 11) is -4.18. The second-order valence-electron chi connectivity index (χ2n) is 4.08. The molecule has 0 spiro atoms. The summed E-state index contributed by atoms with van der Waals surface area (Å²) in [6.45, 7) is -1.82. The first-order valence-electron chi connectivity index (χ1n) is 5.52. The van der Waals surface area contributed by atoms with E-state index in [1.807, 2.05) is 0 Å². The Bertz CT molecular complexity index is 695. The zero-order chi connectivity index (χ0) is 15.7. The first-order chi connectivity index (χ1) is 9.68. The molecule has 10 heteroatoms. The van der Waals surface area contributed by atoms with Gasteiger partial charge in [-0.1, -0.05) is 0 Å². The zero-order valence-corrected chi connectivity index (χ0v) is 14.3. The number of halogens is 4. The van der Waals surface area contributed by atoms with Gasteiger partial charge in [0.2, 0.25) is 0 Å². The minimum absolute atomic E-state index is 0.117. The molecule has 0 radical (unpaired) electrons. The largest absolute Gasteiger partial charge is 0.402 e. The molecule has 2 heterocycles. The molecule has 0 saturated carbocycles. The lowest BCUT2D eigenvalue weighted by Gasteiger charge is -2.22. The van der Waals surface area contributed by atoms with Gasteiger partial charge in [0.1, 0.15) is 10.8 Å². The van der Waals surface area contributed by atoms with Gasteiger partial charge in [0.05, 0.1) is 3.79 Å². The Hall–Kier alpha value is -0.420. The fourth-order valence-corrected chi connectivity index (χ4v) is 5.81. The number of rotatable bonds is 5. The number of alkyl halides is 3. The van der Waals surface area contributed by atoms with Crippen LogP contribution < -0.4 is 0 Å². The molecule has 0 aromatic carbocycles. The molecule has 2 aromatic heterocycles. The molecular formula is C11H9BrF3NO2S3. The molecule has 0 unspecified atom stereocenters. The Morgan fingerprint density at radius 1 is 1.24 bits per heavy atom. The number of sulfonamides is 1. The molecule has 0 N–H and O–H groups in total. The maximum Gasteiger partial charge on any atom is 0.402 e. The molecule has 2 rings (SSSR count). The van der Waals surface area contributed by atoms with Crippen LogP contribution in [0.15, 0.2) is 37.0 Å². The Kier molecular flexibility index (Phi) is 5.14. The van der Waals surface area contributed by atoms with Crippen molar-refractivity contribution in [2.75, 3.05) is 6.54 Å². The van der Waals surface area contributed by atoms with Gasteiger partial charge in [-0.25, -0.2) is 8.42 Å². The second-order valence-corrected chi connectivity index (χ2v) is 9.49. The molecule has 3 nitrogen and oxygen atoms in total. The smallest absolute Gasteiger partial charge is 0.206 e. The molecule has 0 fully saturated rings. The van der Waals surface area contributed by atoms with Gasteiger partial charge in [0.15, 0.2) is 0 Å². The summed E-state index contributed by atoms with van der Waals surface area (Å²) in [4.78, 5) is 0. The Morgan fingerprint density at radius 2 is 1.95 bits per heavy atom. The van der Waals surface area contributed by atoms with Gasteiger partial charge in [-0.15, -0.1) is 11.3 Å². The van der Waals surface area contributed by atoms with E-state index in [0.29, 0.717) is 13.7 Å². The minimum atomic E-state index is -4.60. The second kappa shape index (κ2) is 6.37. The van der Waals surface area contributed by atoms with Crippen molar-refractivity contribution < 1.29 is 21.6 Å². The van der Waals surface area contributed by atoms with E-state index in [9.17, 15) is 21.6 Å². The van der Waals surface area contributed by atoms with Gasteiger partial charge in [-0.2, -0.15) is 28.8 Å². The summed E-state index contributed by atoms with van der Waals surface area (Å²) < 4.78 is 63.6. The van der Waals surface area contributed by atoms with Crippen LogP contribution in [0.3, 0.4) is 0 Å². The highest BCUT2D eigenvalue weighted by atomic mass is 79.9. The SMILES string of the molecule is O=S(=O)(c1ccc(Br)s1)N(Cc1ccsc1)CC(F)(F)F. The molecule has 0 bridgehead atoms. The van der Waals surface area contributed by atoms with E-state index in [1.165, 1.54) is 23.5 Å². The monoisotopic (exact) mass is 419 g/mol. The predicted octanol–water partition coefficient (Wildman–Crippen LogP) is 4.33. The number of thiophene rings is 2. The molecule has 0 atom stereocenters. The fraction of sp³-hybridized carbons (Fsp3) is 0.273. The van der Waals surface area contributed by atoms with E-state index in [-0.39, 0.29) is 10.8 Å². The number of nitrogens with zero attached hydrogens (tertiary/aromatic N) is 1. The average Bonchev–Trinajstić information content (AvgIpc) is 2.98. The van der Waals surface area contributed by atoms with E-state index in [4.69, 9.17) is 0 Å². The number of hydrogen-bond donors (Lipinski definition) is 0. The van der Waals surface area contributed by atoms with Gasteiger partial charge in [0, 0.05) is 6.54 Å². The van der Waals surface area contributed by atoms with Crippen LogP contribution in [0.25, 0.3) is 0 Å². The quantitative estimate of drug-likeness (QED) is 0.723. The van der Waals surface area contributed by atoms with Crippen LogP contribution in [0.2, 0.25) is 0 Å². The average molecular weight is 420 g/mol. The lowest BCUT2D eigenvalue weighted by atomic mass is 10.3. The lowest BCUT2D eigenvalue weighted by Crippen LogP contribution is -2.38. The summed E-state index contributed by atoms with van der Waals surface area (Å²) in [6.07, 6.45) is -4.60. The first kappa shape index (κ1) is 16.9. The van der Waals surface area contributed by atoms with Crippen molar-refractivity contribution in [3.8, 4) is 0 Å². The summed E-state index contributed by atoms with van der Waals surface area (Å²) in [5.41, 5.74) is 0.531. The van der Waals surface area contributed by atoms with Gasteiger partial charge in [-0.3, -0.25) is 0 Å². The third-order valence-corrected chi connectivity index (χ3v) is 7.05. The van der Waals surface area contributed by atoms with Crippen molar-refractivity contribution in [2.45, 2.75) is 16.9 Å². The van der Waals surface area contributed by atoms with Gasteiger partial charge in [-0.05, 0) is 50.5 Å². The van der Waals surface area contributed by atoms with Gasteiger partial charge < -0.3 is 0 Å². The van der Waals surface area contributed by atoms with Crippen molar-refractivity contribution in [2.24, 2.45) is 0 Å². The molecule has 0 aliphatic rings. The highest BCUT2D eigenvalue weighted by Gasteiger charge is 2.37. The number of hydrogen-bond acceptors (Lipinski definition) is 4. The minimum Gasteiger partial charge on any atom is -0.206 e. The summed E-state index contributed by atoms with van der Waals surface area (Å²) >= 11 is 5.30. The maximum absolute atomic E-state index is 12.7. The lowest BCUT2D eigenvalue weighted by molar-refractivity contribution is -0.136. The zero-order valence-electron chi connectivity index (χ0n) is 10.3. The van der Waals surface area contributed by atoms with Crippen LogP contribution in [0, 0.1) is 0 Å². The summed E-state index contributed by atoms with van der Waals surface area (Å²) in [6, 6.07) is 4.39. The van der Waals surface area contributed by atoms with Crippen molar-refractivity contribution in [3.05, 3.63) is 38.3 Å². The van der Waals surface area contributed by atoms with Crippen LogP contribution in [0.1, 0.15) is 5.56 Å². The molecule has 0 saturated heterocycles. The molecule has 2 aromatic rings. The van der Waals surface area contributed by atoms with E-state index < -0.39 is 22.7 Å². The van der Waals surface area contributed by atoms with Crippen molar-refractivity contribution in [1.29, 1.82) is 0 Å². The Balaban J connectivity index is 2.34. The Labute approximate surface area is 136 Å². The van der Waals surface area contributed by atoms with Gasteiger partial charge >= 0.3 is 6.18 Å². The van der Waals surface area contributed by atoms with Gasteiger partial charge in [0.25, 0.3) is 10.0 Å².